The number of aromatic nitrogens is 1. The Bertz CT molecular complexity index is 514. The van der Waals surface area contributed by atoms with Crippen molar-refractivity contribution in [1.29, 1.82) is 0 Å². The van der Waals surface area contributed by atoms with Gasteiger partial charge in [0.2, 0.25) is 0 Å². The smallest absolute Gasteiger partial charge is 0.254 e. The summed E-state index contributed by atoms with van der Waals surface area (Å²) in [5.41, 5.74) is 6.61. The van der Waals surface area contributed by atoms with E-state index >= 15 is 0 Å². The maximum atomic E-state index is 12.6. The molecule has 1 aromatic rings. The summed E-state index contributed by atoms with van der Waals surface area (Å²) in [7, 11) is 0. The molecule has 1 amide bonds. The highest BCUT2D eigenvalue weighted by Gasteiger charge is 2.27. The molecule has 1 fully saturated rings. The number of nitrogens with two attached hydrogens (primary N) is 1. The van der Waals surface area contributed by atoms with E-state index in [2.05, 4.69) is 11.9 Å². The number of aryl methyl sites for hydroxylation is 1. The van der Waals surface area contributed by atoms with Crippen LogP contribution in [0.15, 0.2) is 12.1 Å². The van der Waals surface area contributed by atoms with Crippen LogP contribution in [0, 0.1) is 0 Å². The number of likely N-dealkylation sites (tertiary alicyclic amines) is 1. The van der Waals surface area contributed by atoms with Crippen LogP contribution in [-0.4, -0.2) is 39.6 Å². The molecule has 1 aromatic heterocycles. The van der Waals surface area contributed by atoms with Crippen LogP contribution in [0.1, 0.15) is 55.6 Å². The Balaban J connectivity index is 2.15. The van der Waals surface area contributed by atoms with Crippen LogP contribution in [0.4, 0.5) is 5.82 Å². The van der Waals surface area contributed by atoms with E-state index in [0.717, 1.165) is 31.4 Å². The third-order valence-corrected chi connectivity index (χ3v) is 4.00. The van der Waals surface area contributed by atoms with Crippen molar-refractivity contribution in [2.45, 2.75) is 51.6 Å². The predicted octanol–water partition coefficient (Wildman–Crippen LogP) is 1.99. The molecular formula is C16H25N3O2. The molecule has 0 bridgehead atoms. The molecular weight excluding hydrogens is 266 g/mol. The first-order valence-electron chi connectivity index (χ1n) is 7.69. The van der Waals surface area contributed by atoms with Crippen LogP contribution in [0.3, 0.4) is 0 Å². The van der Waals surface area contributed by atoms with Crippen molar-refractivity contribution in [2.24, 2.45) is 0 Å². The zero-order valence-corrected chi connectivity index (χ0v) is 12.9. The predicted molar refractivity (Wildman–Crippen MR) is 83.0 cm³/mol. The summed E-state index contributed by atoms with van der Waals surface area (Å²) >= 11 is 0. The summed E-state index contributed by atoms with van der Waals surface area (Å²) in [6.45, 7) is 5.17. The number of anilines is 1. The molecule has 2 heterocycles. The molecule has 3 N–H and O–H groups in total. The summed E-state index contributed by atoms with van der Waals surface area (Å²) in [5, 5.41) is 10.1. The SMILES string of the molecule is CCCc1cc(C(=O)N2CCCC(C)(O)CC2)cc(N)n1. The van der Waals surface area contributed by atoms with Gasteiger partial charge in [0.15, 0.2) is 0 Å². The lowest BCUT2D eigenvalue weighted by atomic mass is 9.98. The fourth-order valence-corrected chi connectivity index (χ4v) is 2.77. The van der Waals surface area contributed by atoms with Gasteiger partial charge in [-0.2, -0.15) is 0 Å². The maximum absolute atomic E-state index is 12.6. The first kappa shape index (κ1) is 15.8. The number of nitrogens with zero attached hydrogens (tertiary/aromatic N) is 2. The number of rotatable bonds is 3. The molecule has 0 radical (unpaired) electrons. The van der Waals surface area contributed by atoms with Gasteiger partial charge in [-0.15, -0.1) is 0 Å². The van der Waals surface area contributed by atoms with Crippen molar-refractivity contribution < 1.29 is 9.90 Å². The lowest BCUT2D eigenvalue weighted by Crippen LogP contribution is -2.33. The second-order valence-electron chi connectivity index (χ2n) is 6.16. The lowest BCUT2D eigenvalue weighted by Gasteiger charge is -2.23. The molecule has 1 saturated heterocycles. The number of pyridine rings is 1. The highest BCUT2D eigenvalue weighted by atomic mass is 16.3. The molecule has 1 aliphatic rings. The zero-order chi connectivity index (χ0) is 15.5. The second-order valence-corrected chi connectivity index (χ2v) is 6.16. The van der Waals surface area contributed by atoms with Crippen molar-refractivity contribution in [3.63, 3.8) is 0 Å². The van der Waals surface area contributed by atoms with Gasteiger partial charge in [-0.05, 0) is 44.7 Å². The minimum atomic E-state index is -0.667. The standard InChI is InChI=1S/C16H25N3O2/c1-3-5-13-10-12(11-14(17)18-13)15(20)19-8-4-6-16(2,21)7-9-19/h10-11,21H,3-9H2,1-2H3,(H2,17,18). The Hall–Kier alpha value is -1.62. The minimum absolute atomic E-state index is 0.0147. The van der Waals surface area contributed by atoms with E-state index in [1.54, 1.807) is 6.07 Å². The average molecular weight is 291 g/mol. The molecule has 1 aliphatic heterocycles. The van der Waals surface area contributed by atoms with Crippen molar-refractivity contribution in [3.8, 4) is 0 Å². The van der Waals surface area contributed by atoms with Crippen LogP contribution in [-0.2, 0) is 6.42 Å². The topological polar surface area (TPSA) is 79.5 Å². The fraction of sp³-hybridized carbons (Fsp3) is 0.625. The Morgan fingerprint density at radius 3 is 2.90 bits per heavy atom. The largest absolute Gasteiger partial charge is 0.390 e. The van der Waals surface area contributed by atoms with Gasteiger partial charge < -0.3 is 15.7 Å². The normalized spacial score (nSPS) is 22.9. The molecule has 116 valence electrons. The first-order chi connectivity index (χ1) is 9.91. The van der Waals surface area contributed by atoms with Gasteiger partial charge in [0.05, 0.1) is 5.60 Å². The Morgan fingerprint density at radius 1 is 1.43 bits per heavy atom. The van der Waals surface area contributed by atoms with Crippen molar-refractivity contribution in [2.75, 3.05) is 18.8 Å². The molecule has 0 aromatic carbocycles. The van der Waals surface area contributed by atoms with Gasteiger partial charge in [0.25, 0.3) is 5.91 Å². The summed E-state index contributed by atoms with van der Waals surface area (Å²) in [6, 6.07) is 3.48. The molecule has 0 saturated carbocycles. The van der Waals surface area contributed by atoms with Crippen LogP contribution >= 0.6 is 0 Å². The molecule has 5 nitrogen and oxygen atoms in total. The molecule has 2 rings (SSSR count). The van der Waals surface area contributed by atoms with Gasteiger partial charge in [-0.1, -0.05) is 13.3 Å². The Kier molecular flexibility index (Phi) is 4.83. The van der Waals surface area contributed by atoms with E-state index < -0.39 is 5.60 Å². The fourth-order valence-electron chi connectivity index (χ4n) is 2.77. The van der Waals surface area contributed by atoms with Crippen LogP contribution < -0.4 is 5.73 Å². The Labute approximate surface area is 126 Å². The summed E-state index contributed by atoms with van der Waals surface area (Å²) in [5.74, 6) is 0.380. The number of aliphatic hydroxyl groups is 1. The summed E-state index contributed by atoms with van der Waals surface area (Å²) in [4.78, 5) is 18.7. The molecule has 0 aliphatic carbocycles. The number of nitrogen functional groups attached to an aromatic ring is 1. The average Bonchev–Trinajstić information content (AvgIpc) is 2.58. The monoisotopic (exact) mass is 291 g/mol. The van der Waals surface area contributed by atoms with Gasteiger partial charge in [-0.3, -0.25) is 4.79 Å². The van der Waals surface area contributed by atoms with E-state index in [-0.39, 0.29) is 5.91 Å². The highest BCUT2D eigenvalue weighted by molar-refractivity contribution is 5.95. The number of hydrogen-bond acceptors (Lipinski definition) is 4. The molecule has 1 unspecified atom stereocenters. The van der Waals surface area contributed by atoms with E-state index in [1.165, 1.54) is 0 Å². The van der Waals surface area contributed by atoms with E-state index in [1.807, 2.05) is 17.9 Å². The van der Waals surface area contributed by atoms with E-state index in [9.17, 15) is 9.90 Å². The van der Waals surface area contributed by atoms with Crippen LogP contribution in [0.2, 0.25) is 0 Å². The molecule has 0 spiro atoms. The second kappa shape index (κ2) is 6.43. The van der Waals surface area contributed by atoms with Gasteiger partial charge in [0, 0.05) is 24.3 Å². The van der Waals surface area contributed by atoms with Crippen molar-refractivity contribution in [3.05, 3.63) is 23.4 Å². The van der Waals surface area contributed by atoms with Crippen molar-refractivity contribution >= 4 is 11.7 Å². The molecule has 1 atom stereocenters. The van der Waals surface area contributed by atoms with E-state index in [0.29, 0.717) is 30.9 Å². The molecule has 21 heavy (non-hydrogen) atoms. The number of carbonyl (C=O) groups excluding carboxylic acids is 1. The zero-order valence-electron chi connectivity index (χ0n) is 12.9. The molecule has 5 heteroatoms. The van der Waals surface area contributed by atoms with Crippen molar-refractivity contribution in [1.82, 2.24) is 9.88 Å². The number of amides is 1. The van der Waals surface area contributed by atoms with Gasteiger partial charge >= 0.3 is 0 Å². The van der Waals surface area contributed by atoms with Gasteiger partial charge in [-0.25, -0.2) is 4.98 Å². The Morgan fingerprint density at radius 2 is 2.19 bits per heavy atom. The highest BCUT2D eigenvalue weighted by Crippen LogP contribution is 2.23. The van der Waals surface area contributed by atoms with Crippen LogP contribution in [0.25, 0.3) is 0 Å². The minimum Gasteiger partial charge on any atom is -0.390 e. The summed E-state index contributed by atoms with van der Waals surface area (Å²) < 4.78 is 0. The lowest BCUT2D eigenvalue weighted by molar-refractivity contribution is 0.0438. The number of hydrogen-bond donors (Lipinski definition) is 2. The summed E-state index contributed by atoms with van der Waals surface area (Å²) in [6.07, 6.45) is 3.95. The quantitative estimate of drug-likeness (QED) is 0.892. The third-order valence-electron chi connectivity index (χ3n) is 4.00. The maximum Gasteiger partial charge on any atom is 0.254 e. The van der Waals surface area contributed by atoms with Gasteiger partial charge in [0.1, 0.15) is 5.82 Å². The number of carbonyl (C=O) groups is 1. The van der Waals surface area contributed by atoms with Crippen LogP contribution in [0.5, 0.6) is 0 Å². The first-order valence-corrected chi connectivity index (χ1v) is 7.69. The third kappa shape index (κ3) is 4.17. The van der Waals surface area contributed by atoms with E-state index in [4.69, 9.17) is 5.73 Å².